The summed E-state index contributed by atoms with van der Waals surface area (Å²) in [6.45, 7) is 1.39. The Bertz CT molecular complexity index is 342. The van der Waals surface area contributed by atoms with Gasteiger partial charge in [-0.15, -0.1) is 0 Å². The summed E-state index contributed by atoms with van der Waals surface area (Å²) in [4.78, 5) is 3.99. The molecule has 3 atom stereocenters. The molecule has 5 nitrogen and oxygen atoms in total. The number of aliphatic hydroxyl groups excluding tert-OH is 1. The average Bonchev–Trinajstić information content (AvgIpc) is 2.27. The molecule has 0 spiro atoms. The molecule has 0 aliphatic rings. The van der Waals surface area contributed by atoms with Gasteiger partial charge < -0.3 is 15.4 Å². The van der Waals surface area contributed by atoms with Gasteiger partial charge in [0.15, 0.2) is 0 Å². The molecule has 84 valence electrons. The van der Waals surface area contributed by atoms with Crippen molar-refractivity contribution in [3.05, 3.63) is 29.6 Å². The van der Waals surface area contributed by atoms with Gasteiger partial charge in [0, 0.05) is 11.4 Å². The maximum absolute atomic E-state index is 10.7. The van der Waals surface area contributed by atoms with Crippen LogP contribution in [0.1, 0.15) is 29.5 Å². The first-order valence-electron chi connectivity index (χ1n) is 4.46. The van der Waals surface area contributed by atoms with Crippen molar-refractivity contribution in [2.24, 2.45) is 5.73 Å². The molecule has 3 N–H and O–H groups in total. The molecule has 0 saturated carbocycles. The second kappa shape index (κ2) is 5.32. The Kier molecular flexibility index (Phi) is 4.34. The fourth-order valence-electron chi connectivity index (χ4n) is 1.08. The van der Waals surface area contributed by atoms with Crippen LogP contribution in [0.15, 0.2) is 18.3 Å². The molecule has 0 bridgehead atoms. The number of hydrogen-bond acceptors (Lipinski definition) is 5. The largest absolute Gasteiger partial charge is 0.772 e. The highest BCUT2D eigenvalue weighted by molar-refractivity contribution is 7.79. The first-order valence-corrected chi connectivity index (χ1v) is 5.60. The van der Waals surface area contributed by atoms with Crippen molar-refractivity contribution in [1.29, 1.82) is 0 Å². The molecule has 1 heterocycles. The molecule has 1 aromatic heterocycles. The molecule has 0 amide bonds. The topological polar surface area (TPSA) is 99.3 Å². The van der Waals surface area contributed by atoms with E-state index in [1.165, 1.54) is 6.20 Å². The van der Waals surface area contributed by atoms with Gasteiger partial charge in [-0.1, -0.05) is 6.07 Å². The summed E-state index contributed by atoms with van der Waals surface area (Å²) >= 11 is -2.15. The highest BCUT2D eigenvalue weighted by atomic mass is 32.2. The third kappa shape index (κ3) is 3.07. The van der Waals surface area contributed by atoms with Crippen molar-refractivity contribution in [3.63, 3.8) is 0 Å². The Morgan fingerprint density at radius 2 is 2.33 bits per heavy atom. The lowest BCUT2D eigenvalue weighted by Crippen LogP contribution is -2.16. The zero-order valence-corrected chi connectivity index (χ0v) is 9.11. The third-order valence-electron chi connectivity index (χ3n) is 2.14. The summed E-state index contributed by atoms with van der Waals surface area (Å²) in [5.74, 6) is 0. The lowest BCUT2D eigenvalue weighted by atomic mass is 10.1. The van der Waals surface area contributed by atoms with Gasteiger partial charge in [-0.3, -0.25) is 9.19 Å². The summed E-state index contributed by atoms with van der Waals surface area (Å²) in [6, 6.07) is 2.75. The van der Waals surface area contributed by atoms with Gasteiger partial charge in [0.1, 0.15) is 0 Å². The van der Waals surface area contributed by atoms with Crippen molar-refractivity contribution in [2.75, 3.05) is 6.61 Å². The van der Waals surface area contributed by atoms with Gasteiger partial charge in [0.2, 0.25) is 0 Å². The van der Waals surface area contributed by atoms with Crippen molar-refractivity contribution in [1.82, 2.24) is 4.98 Å². The van der Waals surface area contributed by atoms with Crippen LogP contribution in [0.2, 0.25) is 0 Å². The Morgan fingerprint density at radius 3 is 2.73 bits per heavy atom. The molecule has 15 heavy (non-hydrogen) atoms. The molecule has 1 aromatic rings. The number of rotatable bonds is 4. The number of aliphatic hydroxyl groups is 1. The van der Waals surface area contributed by atoms with E-state index in [0.717, 1.165) is 0 Å². The molecule has 0 saturated heterocycles. The van der Waals surface area contributed by atoms with E-state index in [4.69, 9.17) is 10.8 Å². The molecule has 0 aromatic carbocycles. The Balaban J connectivity index is 2.85. The monoisotopic (exact) mass is 229 g/mol. The Hall–Kier alpha value is -0.820. The number of hydrogen-bond donors (Lipinski definition) is 2. The summed E-state index contributed by atoms with van der Waals surface area (Å²) in [5, 5.41) is 8.21. The van der Waals surface area contributed by atoms with Crippen molar-refractivity contribution < 1.29 is 13.9 Å². The van der Waals surface area contributed by atoms with E-state index in [2.05, 4.69) is 4.98 Å². The maximum Gasteiger partial charge on any atom is 0.0704 e. The first kappa shape index (κ1) is 12.3. The first-order chi connectivity index (χ1) is 7.06. The SMILES string of the molecule is CC(c1ccc([C@@H](N)CO)nc1)S(=O)[O-]. The zero-order valence-electron chi connectivity index (χ0n) is 8.29. The van der Waals surface area contributed by atoms with E-state index >= 15 is 0 Å². The molecule has 0 aliphatic carbocycles. The summed E-state index contributed by atoms with van der Waals surface area (Å²) in [7, 11) is 0. The normalized spacial score (nSPS) is 17.1. The van der Waals surface area contributed by atoms with Crippen molar-refractivity contribution in [3.8, 4) is 0 Å². The minimum atomic E-state index is -2.15. The molecule has 6 heteroatoms. The molecular formula is C9H13N2O3S-. The predicted molar refractivity (Wildman–Crippen MR) is 55.6 cm³/mol. The number of pyridine rings is 1. The van der Waals surface area contributed by atoms with E-state index in [1.807, 2.05) is 0 Å². The fourth-order valence-corrected chi connectivity index (χ4v) is 1.44. The van der Waals surface area contributed by atoms with Gasteiger partial charge in [0.05, 0.1) is 18.3 Å². The van der Waals surface area contributed by atoms with E-state index in [-0.39, 0.29) is 6.61 Å². The summed E-state index contributed by atoms with van der Waals surface area (Å²) in [6.07, 6.45) is 1.46. The van der Waals surface area contributed by atoms with Gasteiger partial charge in [-0.25, -0.2) is 0 Å². The summed E-state index contributed by atoms with van der Waals surface area (Å²) in [5.41, 5.74) is 6.70. The fraction of sp³-hybridized carbons (Fsp3) is 0.444. The second-order valence-electron chi connectivity index (χ2n) is 3.21. The van der Waals surface area contributed by atoms with Crippen LogP contribution in [0.5, 0.6) is 0 Å². The third-order valence-corrected chi connectivity index (χ3v) is 2.99. The standard InChI is InChI=1S/C9H14N2O3S/c1-6(15(13)14)7-2-3-9(11-4-7)8(10)5-12/h2-4,6,8,12H,5,10H2,1H3,(H,13,14)/p-1/t6?,8-/m0/s1. The van der Waals surface area contributed by atoms with E-state index in [9.17, 15) is 8.76 Å². The predicted octanol–water partition coefficient (Wildman–Crippen LogP) is 0.0138. The lowest BCUT2D eigenvalue weighted by molar-refractivity contribution is 0.266. The quantitative estimate of drug-likeness (QED) is 0.709. The highest BCUT2D eigenvalue weighted by Gasteiger charge is 2.09. The molecule has 0 fully saturated rings. The van der Waals surface area contributed by atoms with Gasteiger partial charge in [-0.2, -0.15) is 0 Å². The van der Waals surface area contributed by atoms with Gasteiger partial charge in [0.25, 0.3) is 0 Å². The average molecular weight is 229 g/mol. The van der Waals surface area contributed by atoms with Crippen LogP contribution in [-0.2, 0) is 11.1 Å². The van der Waals surface area contributed by atoms with Crippen LogP contribution < -0.4 is 5.73 Å². The molecule has 1 rings (SSSR count). The van der Waals surface area contributed by atoms with Crippen LogP contribution in [0.3, 0.4) is 0 Å². The number of nitrogens with two attached hydrogens (primary N) is 1. The number of aromatic nitrogens is 1. The highest BCUT2D eigenvalue weighted by Crippen LogP contribution is 2.18. The van der Waals surface area contributed by atoms with Crippen molar-refractivity contribution >= 4 is 11.1 Å². The van der Waals surface area contributed by atoms with Gasteiger partial charge in [-0.05, 0) is 29.6 Å². The van der Waals surface area contributed by atoms with Crippen LogP contribution >= 0.6 is 0 Å². The number of nitrogens with zero attached hydrogens (tertiary/aromatic N) is 1. The maximum atomic E-state index is 10.7. The molecular weight excluding hydrogens is 216 g/mol. The summed E-state index contributed by atoms with van der Waals surface area (Å²) < 4.78 is 21.4. The Morgan fingerprint density at radius 1 is 1.67 bits per heavy atom. The zero-order chi connectivity index (χ0) is 11.4. The van der Waals surface area contributed by atoms with Crippen LogP contribution in [0, 0.1) is 0 Å². The van der Waals surface area contributed by atoms with Crippen LogP contribution in [0.25, 0.3) is 0 Å². The van der Waals surface area contributed by atoms with Crippen molar-refractivity contribution in [2.45, 2.75) is 18.2 Å². The van der Waals surface area contributed by atoms with E-state index in [0.29, 0.717) is 11.3 Å². The van der Waals surface area contributed by atoms with Gasteiger partial charge >= 0.3 is 0 Å². The van der Waals surface area contributed by atoms with Crippen LogP contribution in [0.4, 0.5) is 0 Å². The van der Waals surface area contributed by atoms with Crippen LogP contribution in [-0.4, -0.2) is 25.5 Å². The lowest BCUT2D eigenvalue weighted by Gasteiger charge is -2.15. The smallest absolute Gasteiger partial charge is 0.0704 e. The molecule has 0 radical (unpaired) electrons. The second-order valence-corrected chi connectivity index (χ2v) is 4.44. The van der Waals surface area contributed by atoms with E-state index < -0.39 is 22.4 Å². The Labute approximate surface area is 90.6 Å². The molecule has 0 aliphatic heterocycles. The minimum Gasteiger partial charge on any atom is -0.772 e. The molecule has 2 unspecified atom stereocenters. The van der Waals surface area contributed by atoms with E-state index in [1.54, 1.807) is 19.1 Å². The minimum absolute atomic E-state index is 0.185.